The van der Waals surface area contributed by atoms with Gasteiger partial charge in [0, 0.05) is 21.2 Å². The van der Waals surface area contributed by atoms with Crippen molar-refractivity contribution in [1.82, 2.24) is 0 Å². The van der Waals surface area contributed by atoms with Crippen molar-refractivity contribution in [2.45, 2.75) is 18.9 Å². The van der Waals surface area contributed by atoms with Gasteiger partial charge in [-0.3, -0.25) is 4.79 Å². The lowest BCUT2D eigenvalue weighted by molar-refractivity contribution is -0.116. The Hall–Kier alpha value is -1.47. The molecule has 1 amide bonds. The van der Waals surface area contributed by atoms with Crippen LogP contribution in [0.1, 0.15) is 29.2 Å². The summed E-state index contributed by atoms with van der Waals surface area (Å²) in [5.41, 5.74) is 2.28. The number of hydrogen-bond acceptors (Lipinski definition) is 2. The highest BCUT2D eigenvalue weighted by atomic mass is 127. The maximum Gasteiger partial charge on any atom is 0.224 e. The first-order valence-corrected chi connectivity index (χ1v) is 7.69. The highest BCUT2D eigenvalue weighted by Gasteiger charge is 2.22. The standard InChI is InChI=1S/C16H13FINO2/c17-12-8-14-9(5-6-15(20)19-14)7-11(12)16(21)10-3-1-2-4-13(10)18/h1-4,7-8,16,21H,5-6H2,(H,19,20). The molecule has 1 heterocycles. The van der Waals surface area contributed by atoms with Crippen LogP contribution in [-0.4, -0.2) is 11.0 Å². The zero-order chi connectivity index (χ0) is 15.0. The van der Waals surface area contributed by atoms with E-state index in [1.54, 1.807) is 12.1 Å². The average molecular weight is 397 g/mol. The minimum atomic E-state index is -1.01. The first kappa shape index (κ1) is 14.5. The number of nitrogens with one attached hydrogen (secondary N) is 1. The summed E-state index contributed by atoms with van der Waals surface area (Å²) in [4.78, 5) is 11.3. The quantitative estimate of drug-likeness (QED) is 0.764. The molecule has 5 heteroatoms. The Morgan fingerprint density at radius 3 is 2.71 bits per heavy atom. The SMILES string of the molecule is O=C1CCc2cc(C(O)c3ccccc3I)c(F)cc2N1. The van der Waals surface area contributed by atoms with Crippen LogP contribution in [0.3, 0.4) is 0 Å². The van der Waals surface area contributed by atoms with Gasteiger partial charge in [0.05, 0.1) is 0 Å². The van der Waals surface area contributed by atoms with Gasteiger partial charge in [-0.2, -0.15) is 0 Å². The Labute approximate surface area is 135 Å². The number of carbonyl (C=O) groups excluding carboxylic acids is 1. The molecule has 0 radical (unpaired) electrons. The molecule has 0 aliphatic carbocycles. The van der Waals surface area contributed by atoms with E-state index in [9.17, 15) is 14.3 Å². The summed E-state index contributed by atoms with van der Waals surface area (Å²) in [6.07, 6.45) is -0.0644. The Morgan fingerprint density at radius 2 is 1.95 bits per heavy atom. The van der Waals surface area contributed by atoms with Gasteiger partial charge in [-0.25, -0.2) is 4.39 Å². The van der Waals surface area contributed by atoms with E-state index < -0.39 is 11.9 Å². The highest BCUT2D eigenvalue weighted by molar-refractivity contribution is 14.1. The summed E-state index contributed by atoms with van der Waals surface area (Å²) in [5.74, 6) is -0.615. The molecular formula is C16H13FINO2. The molecule has 3 rings (SSSR count). The second kappa shape index (κ2) is 5.73. The summed E-state index contributed by atoms with van der Waals surface area (Å²) in [5, 5.41) is 13.1. The van der Waals surface area contributed by atoms with Crippen molar-refractivity contribution in [3.05, 3.63) is 62.5 Å². The molecule has 1 unspecified atom stereocenters. The Morgan fingerprint density at radius 1 is 1.19 bits per heavy atom. The number of aryl methyl sites for hydroxylation is 1. The molecule has 3 nitrogen and oxygen atoms in total. The first-order valence-electron chi connectivity index (χ1n) is 6.61. The number of halogens is 2. The largest absolute Gasteiger partial charge is 0.384 e. The van der Waals surface area contributed by atoms with Crippen LogP contribution in [-0.2, 0) is 11.2 Å². The second-order valence-electron chi connectivity index (χ2n) is 5.00. The van der Waals surface area contributed by atoms with Crippen LogP contribution in [0, 0.1) is 9.39 Å². The molecule has 0 fully saturated rings. The third-order valence-electron chi connectivity index (χ3n) is 3.61. The molecule has 21 heavy (non-hydrogen) atoms. The molecule has 1 atom stereocenters. The van der Waals surface area contributed by atoms with Gasteiger partial charge in [-0.05, 0) is 58.3 Å². The predicted molar refractivity (Wildman–Crippen MR) is 86.6 cm³/mol. The highest BCUT2D eigenvalue weighted by Crippen LogP contribution is 2.32. The minimum absolute atomic E-state index is 0.104. The molecule has 0 saturated carbocycles. The fraction of sp³-hybridized carbons (Fsp3) is 0.188. The number of carbonyl (C=O) groups is 1. The van der Waals surface area contributed by atoms with Crippen LogP contribution >= 0.6 is 22.6 Å². The molecule has 1 aliphatic heterocycles. The number of anilines is 1. The van der Waals surface area contributed by atoms with E-state index >= 15 is 0 Å². The van der Waals surface area contributed by atoms with E-state index in [4.69, 9.17) is 0 Å². The van der Waals surface area contributed by atoms with Crippen LogP contribution in [0.15, 0.2) is 36.4 Å². The summed E-state index contributed by atoms with van der Waals surface area (Å²) < 4.78 is 15.1. The van der Waals surface area contributed by atoms with Crippen molar-refractivity contribution >= 4 is 34.2 Å². The average Bonchev–Trinajstić information content (AvgIpc) is 2.46. The van der Waals surface area contributed by atoms with Crippen LogP contribution in [0.25, 0.3) is 0 Å². The van der Waals surface area contributed by atoms with E-state index in [2.05, 4.69) is 27.9 Å². The number of benzene rings is 2. The fourth-order valence-electron chi connectivity index (χ4n) is 2.50. The maximum atomic E-state index is 14.3. The third-order valence-corrected chi connectivity index (χ3v) is 4.59. The number of fused-ring (bicyclic) bond motifs is 1. The van der Waals surface area contributed by atoms with Gasteiger partial charge in [-0.1, -0.05) is 18.2 Å². The van der Waals surface area contributed by atoms with E-state index in [-0.39, 0.29) is 11.5 Å². The van der Waals surface area contributed by atoms with Crippen LogP contribution < -0.4 is 5.32 Å². The van der Waals surface area contributed by atoms with E-state index in [0.29, 0.717) is 24.1 Å². The molecule has 2 aromatic carbocycles. The zero-order valence-electron chi connectivity index (χ0n) is 11.1. The summed E-state index contributed by atoms with van der Waals surface area (Å²) in [6, 6.07) is 10.3. The monoisotopic (exact) mass is 397 g/mol. The van der Waals surface area contributed by atoms with Crippen LogP contribution in [0.4, 0.5) is 10.1 Å². The number of aliphatic hydroxyl groups excluding tert-OH is 1. The Kier molecular flexibility index (Phi) is 3.95. The normalized spacial score (nSPS) is 15.3. The van der Waals surface area contributed by atoms with E-state index in [1.165, 1.54) is 6.07 Å². The van der Waals surface area contributed by atoms with Gasteiger partial charge in [-0.15, -0.1) is 0 Å². The maximum absolute atomic E-state index is 14.3. The topological polar surface area (TPSA) is 49.3 Å². The predicted octanol–water partition coefficient (Wildman–Crippen LogP) is 3.40. The molecule has 0 aromatic heterocycles. The van der Waals surface area contributed by atoms with E-state index in [1.807, 2.05) is 18.2 Å². The van der Waals surface area contributed by atoms with Crippen molar-refractivity contribution in [3.8, 4) is 0 Å². The Bertz CT molecular complexity index is 717. The third kappa shape index (κ3) is 2.80. The lowest BCUT2D eigenvalue weighted by Gasteiger charge is -2.20. The van der Waals surface area contributed by atoms with Gasteiger partial charge >= 0.3 is 0 Å². The van der Waals surface area contributed by atoms with Gasteiger partial charge in [0.25, 0.3) is 0 Å². The van der Waals surface area contributed by atoms with Crippen molar-refractivity contribution in [2.24, 2.45) is 0 Å². The van der Waals surface area contributed by atoms with Crippen LogP contribution in [0.5, 0.6) is 0 Å². The lowest BCUT2D eigenvalue weighted by Crippen LogP contribution is -2.20. The number of aliphatic hydroxyl groups is 1. The molecule has 2 N–H and O–H groups in total. The number of rotatable bonds is 2. The number of hydrogen-bond donors (Lipinski definition) is 2. The molecule has 0 saturated heterocycles. The van der Waals surface area contributed by atoms with Gasteiger partial charge in [0.2, 0.25) is 5.91 Å². The van der Waals surface area contributed by atoms with Gasteiger partial charge < -0.3 is 10.4 Å². The van der Waals surface area contributed by atoms with Gasteiger partial charge in [0.1, 0.15) is 11.9 Å². The summed E-state index contributed by atoms with van der Waals surface area (Å²) >= 11 is 2.12. The first-order chi connectivity index (χ1) is 10.1. The van der Waals surface area contributed by atoms with Gasteiger partial charge in [0.15, 0.2) is 0 Å². The van der Waals surface area contributed by atoms with Crippen LogP contribution in [0.2, 0.25) is 0 Å². The van der Waals surface area contributed by atoms with Crippen molar-refractivity contribution in [3.63, 3.8) is 0 Å². The van der Waals surface area contributed by atoms with Crippen molar-refractivity contribution < 1.29 is 14.3 Å². The van der Waals surface area contributed by atoms with E-state index in [0.717, 1.165) is 9.13 Å². The molecule has 0 spiro atoms. The molecule has 1 aliphatic rings. The second-order valence-corrected chi connectivity index (χ2v) is 6.17. The number of amides is 1. The summed E-state index contributed by atoms with van der Waals surface area (Å²) in [7, 11) is 0. The molecule has 0 bridgehead atoms. The smallest absolute Gasteiger partial charge is 0.224 e. The summed E-state index contributed by atoms with van der Waals surface area (Å²) in [6.45, 7) is 0. The fourth-order valence-corrected chi connectivity index (χ4v) is 3.18. The van der Waals surface area contributed by atoms with Crippen molar-refractivity contribution in [2.75, 3.05) is 5.32 Å². The zero-order valence-corrected chi connectivity index (χ0v) is 13.2. The molecule has 108 valence electrons. The van der Waals surface area contributed by atoms with Crippen molar-refractivity contribution in [1.29, 1.82) is 0 Å². The minimum Gasteiger partial charge on any atom is -0.384 e. The molecule has 2 aromatic rings. The Balaban J connectivity index is 2.03. The lowest BCUT2D eigenvalue weighted by atomic mass is 9.95. The molecular weight excluding hydrogens is 384 g/mol.